The van der Waals surface area contributed by atoms with Gasteiger partial charge in [-0.05, 0) is 0 Å². The van der Waals surface area contributed by atoms with Gasteiger partial charge >= 0.3 is 135 Å². The Morgan fingerprint density at radius 1 is 1.18 bits per heavy atom. The summed E-state index contributed by atoms with van der Waals surface area (Å²) in [5, 5.41) is 5.83. The fraction of sp³-hybridized carbons (Fsp3) is 0.462. The van der Waals surface area contributed by atoms with Crippen molar-refractivity contribution in [3.63, 3.8) is 0 Å². The molecular weight excluding hydrogens is 324 g/mol. The molecule has 0 saturated heterocycles. The number of hydrogen-bond acceptors (Lipinski definition) is 6. The number of rotatable bonds is 9. The Hall–Kier alpha value is -1.32. The van der Waals surface area contributed by atoms with Gasteiger partial charge in [0, 0.05) is 0 Å². The molecule has 0 fully saturated rings. The molecule has 0 heterocycles. The van der Waals surface area contributed by atoms with Crippen LogP contribution in [-0.4, -0.2) is 33.5 Å². The summed E-state index contributed by atoms with van der Waals surface area (Å²) in [6.07, 6.45) is 0.176. The molecule has 0 aliphatic rings. The molecule has 0 aliphatic carbocycles. The molecule has 0 aliphatic heterocycles. The first-order valence-corrected chi connectivity index (χ1v) is 9.80. The van der Waals surface area contributed by atoms with Crippen molar-refractivity contribution < 1.29 is 32.5 Å². The van der Waals surface area contributed by atoms with Gasteiger partial charge in [0.25, 0.3) is 0 Å². The number of urea groups is 1. The number of nitrogens with one attached hydrogen (secondary N) is 2. The predicted octanol–water partition coefficient (Wildman–Crippen LogP) is 1.32. The molecule has 0 saturated carbocycles. The van der Waals surface area contributed by atoms with E-state index in [0.717, 1.165) is 5.69 Å². The van der Waals surface area contributed by atoms with E-state index in [1.807, 2.05) is 12.1 Å². The average molecular weight is 348 g/mol. The summed E-state index contributed by atoms with van der Waals surface area (Å²) in [7, 11) is 4.70. The Labute approximate surface area is 135 Å². The normalized spacial score (nSPS) is 12.7. The van der Waals surface area contributed by atoms with Gasteiger partial charge in [-0.25, -0.2) is 0 Å². The van der Waals surface area contributed by atoms with Gasteiger partial charge in [0.05, 0.1) is 0 Å². The molecule has 1 unspecified atom stereocenters. The molecule has 0 aromatic heterocycles. The van der Waals surface area contributed by atoms with Crippen LogP contribution in [0, 0.1) is 0 Å². The van der Waals surface area contributed by atoms with Crippen LogP contribution >= 0.6 is 0 Å². The maximum atomic E-state index is 11.2. The monoisotopic (exact) mass is 348 g/mol. The Morgan fingerprint density at radius 3 is 2.18 bits per heavy atom. The standard InChI is InChI=1S/C10H15N4O.3CH3O.Ti/c1-2-9(14-10(12)15)13-8-5-3-7(11)4-6-8;3*1-2;/h3-6,9,13H,1-2,11H2,(H3,12,14,15);3*1H3;/q;3*-1;+3. The van der Waals surface area contributed by atoms with Crippen molar-refractivity contribution in [1.29, 1.82) is 0 Å². The first kappa shape index (κ1) is 18.7. The summed E-state index contributed by atoms with van der Waals surface area (Å²) in [6, 6.07) is 6.57. The van der Waals surface area contributed by atoms with Gasteiger partial charge < -0.3 is 0 Å². The maximum absolute atomic E-state index is 11.2. The van der Waals surface area contributed by atoms with Gasteiger partial charge in [0.1, 0.15) is 0 Å². The Kier molecular flexibility index (Phi) is 7.63. The first-order chi connectivity index (χ1) is 10.4. The van der Waals surface area contributed by atoms with E-state index < -0.39 is 23.8 Å². The van der Waals surface area contributed by atoms with E-state index in [4.69, 9.17) is 21.4 Å². The Morgan fingerprint density at radius 2 is 1.73 bits per heavy atom. The summed E-state index contributed by atoms with van der Waals surface area (Å²) in [4.78, 5) is 11.2. The van der Waals surface area contributed by atoms with E-state index >= 15 is 0 Å². The van der Waals surface area contributed by atoms with E-state index in [1.165, 1.54) is 0 Å². The van der Waals surface area contributed by atoms with Crippen LogP contribution in [0.5, 0.6) is 0 Å². The van der Waals surface area contributed by atoms with Crippen LogP contribution < -0.4 is 22.1 Å². The van der Waals surface area contributed by atoms with Crippen LogP contribution in [0.4, 0.5) is 16.2 Å². The predicted molar refractivity (Wildman–Crippen MR) is 81.4 cm³/mol. The van der Waals surface area contributed by atoms with E-state index in [2.05, 4.69) is 10.6 Å². The van der Waals surface area contributed by atoms with Gasteiger partial charge in [-0.2, -0.15) is 0 Å². The number of amides is 2. The quantitative estimate of drug-likeness (QED) is 0.303. The van der Waals surface area contributed by atoms with E-state index in [1.54, 1.807) is 33.5 Å². The topological polar surface area (TPSA) is 121 Å². The Bertz CT molecular complexity index is 459. The third-order valence-electron chi connectivity index (χ3n) is 3.24. The zero-order valence-corrected chi connectivity index (χ0v) is 14.7. The van der Waals surface area contributed by atoms with Crippen molar-refractivity contribution in [2.24, 2.45) is 5.73 Å². The fourth-order valence-corrected chi connectivity index (χ4v) is 4.75. The van der Waals surface area contributed by atoms with Gasteiger partial charge in [0.15, 0.2) is 0 Å². The van der Waals surface area contributed by atoms with Crippen molar-refractivity contribution in [2.45, 2.75) is 17.3 Å². The fourth-order valence-electron chi connectivity index (χ4n) is 2.01. The van der Waals surface area contributed by atoms with Crippen molar-refractivity contribution >= 4 is 17.4 Å². The van der Waals surface area contributed by atoms with Crippen LogP contribution in [0.15, 0.2) is 24.3 Å². The van der Waals surface area contributed by atoms with Gasteiger partial charge in [-0.15, -0.1) is 0 Å². The molecule has 6 N–H and O–H groups in total. The minimum atomic E-state index is -3.25. The molecule has 8 nitrogen and oxygen atoms in total. The van der Waals surface area contributed by atoms with Gasteiger partial charge in [-0.1, -0.05) is 0 Å². The third-order valence-corrected chi connectivity index (χ3v) is 7.56. The number of nitrogens with two attached hydrogens (primary N) is 2. The second-order valence-corrected chi connectivity index (χ2v) is 9.49. The number of nitrogen functional groups attached to an aromatic ring is 1. The average Bonchev–Trinajstić information content (AvgIpc) is 2.51. The van der Waals surface area contributed by atoms with Crippen molar-refractivity contribution in [1.82, 2.24) is 5.32 Å². The van der Waals surface area contributed by atoms with Gasteiger partial charge in [-0.3, -0.25) is 0 Å². The van der Waals surface area contributed by atoms with E-state index in [-0.39, 0.29) is 6.17 Å². The molecule has 0 spiro atoms. The zero-order valence-electron chi connectivity index (χ0n) is 13.1. The molecular formula is C13H24N4O4Ti. The Balaban J connectivity index is 2.71. The van der Waals surface area contributed by atoms with Crippen molar-refractivity contribution in [3.8, 4) is 0 Å². The number of benzene rings is 1. The molecule has 124 valence electrons. The molecule has 2 amide bonds. The number of anilines is 2. The molecule has 9 heteroatoms. The summed E-state index contributed by atoms with van der Waals surface area (Å²) in [5.41, 5.74) is 12.3. The number of carbonyl (C=O) groups is 1. The van der Waals surface area contributed by atoms with E-state index in [0.29, 0.717) is 16.8 Å². The minimum absolute atomic E-state index is 0.369. The molecule has 0 bridgehead atoms. The third kappa shape index (κ3) is 5.82. The molecule has 1 aromatic carbocycles. The van der Waals surface area contributed by atoms with Crippen molar-refractivity contribution in [2.75, 3.05) is 32.4 Å². The summed E-state index contributed by atoms with van der Waals surface area (Å²) in [5.74, 6) is 0. The molecule has 1 atom stereocenters. The van der Waals surface area contributed by atoms with Crippen LogP contribution in [0.1, 0.15) is 6.42 Å². The van der Waals surface area contributed by atoms with Crippen LogP contribution in [0.3, 0.4) is 0 Å². The number of primary amides is 1. The van der Waals surface area contributed by atoms with Crippen LogP contribution in [-0.2, 0) is 27.7 Å². The van der Waals surface area contributed by atoms with E-state index in [9.17, 15) is 4.79 Å². The number of hydrogen-bond donors (Lipinski definition) is 4. The van der Waals surface area contributed by atoms with Crippen molar-refractivity contribution in [3.05, 3.63) is 24.3 Å². The van der Waals surface area contributed by atoms with Crippen LogP contribution in [0.25, 0.3) is 0 Å². The summed E-state index contributed by atoms with van der Waals surface area (Å²) < 4.78 is 16.8. The van der Waals surface area contributed by atoms with Crippen LogP contribution in [0.2, 0.25) is 4.73 Å². The molecule has 1 rings (SSSR count). The second-order valence-electron chi connectivity index (χ2n) is 4.66. The second kappa shape index (κ2) is 8.97. The molecule has 0 radical (unpaired) electrons. The molecule has 22 heavy (non-hydrogen) atoms. The first-order valence-electron chi connectivity index (χ1n) is 6.78. The number of carbonyl (C=O) groups excluding carboxylic acids is 1. The molecule has 1 aromatic rings. The van der Waals surface area contributed by atoms with Gasteiger partial charge in [0.2, 0.25) is 0 Å². The summed E-state index contributed by atoms with van der Waals surface area (Å²) >= 11 is -3.25. The summed E-state index contributed by atoms with van der Waals surface area (Å²) in [6.45, 7) is 0. The zero-order chi connectivity index (χ0) is 16.6. The SMILES string of the molecule is C[O][Ti]([CH2]CC(NC(N)=O)Nc1ccc(N)cc1)([O]C)[O]C.